The maximum absolute atomic E-state index is 12.2. The number of nitrogens with zero attached hydrogens (tertiary/aromatic N) is 1. The zero-order valence-corrected chi connectivity index (χ0v) is 17.4. The number of fused-ring (bicyclic) bond motifs is 1. The van der Waals surface area contributed by atoms with Crippen LogP contribution in [0.15, 0.2) is 82.3 Å². The van der Waals surface area contributed by atoms with Crippen molar-refractivity contribution in [3.63, 3.8) is 0 Å². The number of ether oxygens (including phenoxy) is 1. The molecular formula is C24H17ClN2O5. The Balaban J connectivity index is 1.36. The number of carbonyl (C=O) groups is 2. The number of aromatic carboxylic acids is 1. The molecule has 4 rings (SSSR count). The first-order valence-electron chi connectivity index (χ1n) is 9.56. The van der Waals surface area contributed by atoms with Crippen LogP contribution < -0.4 is 10.2 Å². The van der Waals surface area contributed by atoms with Gasteiger partial charge in [0.25, 0.3) is 0 Å². The molecule has 0 spiro atoms. The van der Waals surface area contributed by atoms with Crippen LogP contribution in [0.2, 0.25) is 5.02 Å². The van der Waals surface area contributed by atoms with Crippen molar-refractivity contribution in [2.24, 2.45) is 5.10 Å². The first-order chi connectivity index (χ1) is 15.5. The normalized spacial score (nSPS) is 11.0. The van der Waals surface area contributed by atoms with E-state index in [1.165, 1.54) is 12.3 Å². The fourth-order valence-corrected chi connectivity index (χ4v) is 3.23. The Morgan fingerprint density at radius 3 is 2.69 bits per heavy atom. The maximum atomic E-state index is 12.2. The van der Waals surface area contributed by atoms with Gasteiger partial charge in [0, 0.05) is 5.39 Å². The molecule has 0 aliphatic heterocycles. The highest BCUT2D eigenvalue weighted by molar-refractivity contribution is 6.32. The van der Waals surface area contributed by atoms with E-state index in [1.807, 2.05) is 18.2 Å². The number of carboxylic acids is 1. The third-order valence-corrected chi connectivity index (χ3v) is 4.85. The SMILES string of the molecule is O=C(O)c1cccc(COc2ccc(/C=N\NC(=O)c3cc4ccccc4o3)cc2Cl)c1. The monoisotopic (exact) mass is 448 g/mol. The number of benzene rings is 3. The molecule has 160 valence electrons. The molecule has 0 aliphatic carbocycles. The summed E-state index contributed by atoms with van der Waals surface area (Å²) in [4.78, 5) is 23.3. The van der Waals surface area contributed by atoms with Crippen LogP contribution >= 0.6 is 11.6 Å². The number of furan rings is 1. The van der Waals surface area contributed by atoms with Gasteiger partial charge in [-0.25, -0.2) is 10.2 Å². The molecule has 0 atom stereocenters. The summed E-state index contributed by atoms with van der Waals surface area (Å²) in [5.41, 5.74) is 4.59. The fourth-order valence-electron chi connectivity index (χ4n) is 2.98. The summed E-state index contributed by atoms with van der Waals surface area (Å²) in [6.45, 7) is 0.168. The second kappa shape index (κ2) is 9.36. The zero-order valence-electron chi connectivity index (χ0n) is 16.6. The van der Waals surface area contributed by atoms with Crippen LogP contribution in [0.4, 0.5) is 0 Å². The first kappa shape index (κ1) is 21.1. The van der Waals surface area contributed by atoms with Crippen LogP contribution in [0.1, 0.15) is 32.0 Å². The van der Waals surface area contributed by atoms with Gasteiger partial charge in [0.1, 0.15) is 17.9 Å². The van der Waals surface area contributed by atoms with Gasteiger partial charge < -0.3 is 14.3 Å². The predicted molar refractivity (Wildman–Crippen MR) is 120 cm³/mol. The Morgan fingerprint density at radius 2 is 1.91 bits per heavy atom. The second-order valence-electron chi connectivity index (χ2n) is 6.83. The number of carbonyl (C=O) groups excluding carboxylic acids is 1. The molecule has 3 aromatic carbocycles. The van der Waals surface area contributed by atoms with Crippen LogP contribution in [0.3, 0.4) is 0 Å². The van der Waals surface area contributed by atoms with Gasteiger partial charge in [-0.05, 0) is 53.6 Å². The summed E-state index contributed by atoms with van der Waals surface area (Å²) in [6.07, 6.45) is 1.45. The number of para-hydroxylation sites is 1. The van der Waals surface area contributed by atoms with Crippen LogP contribution in [-0.4, -0.2) is 23.2 Å². The highest BCUT2D eigenvalue weighted by atomic mass is 35.5. The van der Waals surface area contributed by atoms with Gasteiger partial charge in [0.2, 0.25) is 0 Å². The topological polar surface area (TPSA) is 101 Å². The molecule has 1 aromatic heterocycles. The Kier molecular flexibility index (Phi) is 6.19. The van der Waals surface area contributed by atoms with Crippen molar-refractivity contribution < 1.29 is 23.8 Å². The lowest BCUT2D eigenvalue weighted by Gasteiger charge is -2.09. The highest BCUT2D eigenvalue weighted by Crippen LogP contribution is 2.26. The number of carboxylic acid groups (broad SMARTS) is 1. The lowest BCUT2D eigenvalue weighted by Crippen LogP contribution is -2.16. The van der Waals surface area contributed by atoms with Crippen LogP contribution in [0.25, 0.3) is 11.0 Å². The molecule has 0 fully saturated rings. The van der Waals surface area contributed by atoms with E-state index in [-0.39, 0.29) is 17.9 Å². The average Bonchev–Trinajstić information content (AvgIpc) is 3.23. The average molecular weight is 449 g/mol. The minimum absolute atomic E-state index is 0.164. The molecule has 0 bridgehead atoms. The zero-order chi connectivity index (χ0) is 22.5. The summed E-state index contributed by atoms with van der Waals surface area (Å²) in [5.74, 6) is -0.860. The van der Waals surface area contributed by atoms with E-state index in [0.29, 0.717) is 27.5 Å². The third-order valence-electron chi connectivity index (χ3n) is 4.55. The van der Waals surface area contributed by atoms with E-state index in [9.17, 15) is 9.59 Å². The first-order valence-corrected chi connectivity index (χ1v) is 9.94. The standard InChI is InChI=1S/C24H17ClN2O5/c25-19-11-15(8-9-21(19)31-14-16-4-3-6-18(10-16)24(29)30)13-26-27-23(28)22-12-17-5-1-2-7-20(17)32-22/h1-13H,14H2,(H,27,28)(H,29,30)/b26-13-. The molecule has 0 saturated heterocycles. The number of amides is 1. The lowest BCUT2D eigenvalue weighted by atomic mass is 10.1. The molecule has 32 heavy (non-hydrogen) atoms. The Bertz CT molecular complexity index is 1300. The van der Waals surface area contributed by atoms with Crippen molar-refractivity contribution in [2.75, 3.05) is 0 Å². The lowest BCUT2D eigenvalue weighted by molar-refractivity contribution is 0.0696. The molecule has 0 radical (unpaired) electrons. The van der Waals surface area contributed by atoms with Crippen molar-refractivity contribution in [1.29, 1.82) is 0 Å². The smallest absolute Gasteiger partial charge is 0.335 e. The van der Waals surface area contributed by atoms with Crippen LogP contribution in [-0.2, 0) is 6.61 Å². The number of hydrogen-bond acceptors (Lipinski definition) is 5. The summed E-state index contributed by atoms with van der Waals surface area (Å²) < 4.78 is 11.2. The largest absolute Gasteiger partial charge is 0.487 e. The Hall–Kier alpha value is -4.10. The predicted octanol–water partition coefficient (Wildman–Crippen LogP) is 5.13. The third kappa shape index (κ3) is 4.96. The molecule has 1 amide bonds. The fraction of sp³-hybridized carbons (Fsp3) is 0.0417. The van der Waals surface area contributed by atoms with Crippen molar-refractivity contribution in [3.8, 4) is 5.75 Å². The molecule has 8 heteroatoms. The van der Waals surface area contributed by atoms with Crippen LogP contribution in [0.5, 0.6) is 5.75 Å². The molecule has 4 aromatic rings. The van der Waals surface area contributed by atoms with E-state index in [2.05, 4.69) is 10.5 Å². The highest BCUT2D eigenvalue weighted by Gasteiger charge is 2.11. The van der Waals surface area contributed by atoms with Gasteiger partial charge in [-0.2, -0.15) is 5.10 Å². The van der Waals surface area contributed by atoms with Gasteiger partial charge in [0.05, 0.1) is 16.8 Å². The number of nitrogens with one attached hydrogen (secondary N) is 1. The van der Waals surface area contributed by atoms with Gasteiger partial charge >= 0.3 is 11.9 Å². The van der Waals surface area contributed by atoms with Gasteiger partial charge in [-0.15, -0.1) is 0 Å². The van der Waals surface area contributed by atoms with Crippen molar-refractivity contribution >= 4 is 40.7 Å². The van der Waals surface area contributed by atoms with E-state index in [4.69, 9.17) is 25.9 Å². The molecule has 1 heterocycles. The van der Waals surface area contributed by atoms with E-state index < -0.39 is 11.9 Å². The van der Waals surface area contributed by atoms with E-state index in [1.54, 1.807) is 48.5 Å². The minimum atomic E-state index is -0.999. The minimum Gasteiger partial charge on any atom is -0.487 e. The Labute approximate surface area is 187 Å². The number of hydrazone groups is 1. The van der Waals surface area contributed by atoms with E-state index >= 15 is 0 Å². The summed E-state index contributed by atoms with van der Waals surface area (Å²) in [7, 11) is 0. The molecule has 0 aliphatic rings. The number of hydrogen-bond donors (Lipinski definition) is 2. The Morgan fingerprint density at radius 1 is 1.06 bits per heavy atom. The number of rotatable bonds is 7. The van der Waals surface area contributed by atoms with Crippen molar-refractivity contribution in [1.82, 2.24) is 5.43 Å². The summed E-state index contributed by atoms with van der Waals surface area (Å²) >= 11 is 6.28. The van der Waals surface area contributed by atoms with Gasteiger partial charge in [-0.3, -0.25) is 4.79 Å². The van der Waals surface area contributed by atoms with Gasteiger partial charge in [-0.1, -0.05) is 41.9 Å². The molecule has 2 N–H and O–H groups in total. The molecule has 0 unspecified atom stereocenters. The van der Waals surface area contributed by atoms with Gasteiger partial charge in [0.15, 0.2) is 5.76 Å². The quantitative estimate of drug-likeness (QED) is 0.301. The second-order valence-corrected chi connectivity index (χ2v) is 7.24. The van der Waals surface area contributed by atoms with Crippen molar-refractivity contribution in [3.05, 3.63) is 100 Å². The maximum Gasteiger partial charge on any atom is 0.335 e. The summed E-state index contributed by atoms with van der Waals surface area (Å²) in [5, 5.41) is 14.2. The van der Waals surface area contributed by atoms with Crippen LogP contribution in [0, 0.1) is 0 Å². The van der Waals surface area contributed by atoms with E-state index in [0.717, 1.165) is 5.39 Å². The number of halogens is 1. The summed E-state index contributed by atoms with van der Waals surface area (Å²) in [6, 6.07) is 20.5. The molecule has 0 saturated carbocycles. The molecular weight excluding hydrogens is 432 g/mol. The van der Waals surface area contributed by atoms with Crippen molar-refractivity contribution in [2.45, 2.75) is 6.61 Å². The molecule has 7 nitrogen and oxygen atoms in total.